The predicted molar refractivity (Wildman–Crippen MR) is 87.5 cm³/mol. The normalized spacial score (nSPS) is 17.8. The molecule has 106 valence electrons. The summed E-state index contributed by atoms with van der Waals surface area (Å²) in [6.45, 7) is 0.638. The molecule has 0 bridgehead atoms. The van der Waals surface area contributed by atoms with Crippen LogP contribution in [0.5, 0.6) is 5.75 Å². The second-order valence-electron chi connectivity index (χ2n) is 5.04. The van der Waals surface area contributed by atoms with Crippen molar-refractivity contribution in [3.05, 3.63) is 50.1 Å². The van der Waals surface area contributed by atoms with Crippen molar-refractivity contribution in [3.63, 3.8) is 0 Å². The van der Waals surface area contributed by atoms with Crippen LogP contribution in [0.15, 0.2) is 34.1 Å². The fourth-order valence-electron chi connectivity index (χ4n) is 2.82. The minimum atomic E-state index is 0.468. The number of nitrogens with one attached hydrogen (secondary N) is 1. The zero-order valence-electron chi connectivity index (χ0n) is 11.5. The number of halogens is 1. The van der Waals surface area contributed by atoms with Crippen molar-refractivity contribution >= 4 is 27.3 Å². The Morgan fingerprint density at radius 2 is 2.30 bits per heavy atom. The van der Waals surface area contributed by atoms with Gasteiger partial charge in [0.05, 0.1) is 4.88 Å². The number of hydrogen-bond donors (Lipinski definition) is 1. The van der Waals surface area contributed by atoms with Gasteiger partial charge < -0.3 is 10.1 Å². The first-order chi connectivity index (χ1) is 9.79. The van der Waals surface area contributed by atoms with Crippen molar-refractivity contribution in [1.82, 2.24) is 5.32 Å². The van der Waals surface area contributed by atoms with E-state index in [0.717, 1.165) is 16.6 Å². The molecule has 20 heavy (non-hydrogen) atoms. The molecule has 0 saturated heterocycles. The summed E-state index contributed by atoms with van der Waals surface area (Å²) in [7, 11) is 2.04. The molecule has 1 N–H and O–H groups in total. The first-order valence-electron chi connectivity index (χ1n) is 6.93. The number of ether oxygens (including phenoxy) is 1. The largest absolute Gasteiger partial charge is 0.488 e. The summed E-state index contributed by atoms with van der Waals surface area (Å²) in [5.74, 6) is 1.04. The third-order valence-electron chi connectivity index (χ3n) is 3.86. The van der Waals surface area contributed by atoms with E-state index in [4.69, 9.17) is 4.74 Å². The van der Waals surface area contributed by atoms with Crippen LogP contribution in [0, 0.1) is 0 Å². The van der Waals surface area contributed by atoms with Crippen LogP contribution in [0.3, 0.4) is 0 Å². The summed E-state index contributed by atoms with van der Waals surface area (Å²) in [6, 6.07) is 8.96. The summed E-state index contributed by atoms with van der Waals surface area (Å²) in [4.78, 5) is 1.24. The average molecular weight is 352 g/mol. The highest BCUT2D eigenvalue weighted by atomic mass is 79.9. The van der Waals surface area contributed by atoms with Crippen LogP contribution in [-0.2, 0) is 13.0 Å². The SMILES string of the molecule is CNC1CCCc2c(OCc3sccc3Br)cccc21. The van der Waals surface area contributed by atoms with E-state index in [9.17, 15) is 0 Å². The van der Waals surface area contributed by atoms with Gasteiger partial charge in [-0.1, -0.05) is 12.1 Å². The molecule has 4 heteroatoms. The summed E-state index contributed by atoms with van der Waals surface area (Å²) >= 11 is 5.28. The van der Waals surface area contributed by atoms with Gasteiger partial charge in [-0.2, -0.15) is 0 Å². The molecule has 2 aromatic rings. The van der Waals surface area contributed by atoms with Crippen LogP contribution in [0.1, 0.15) is 34.9 Å². The monoisotopic (exact) mass is 351 g/mol. The first kappa shape index (κ1) is 14.1. The Kier molecular flexibility index (Phi) is 4.44. The van der Waals surface area contributed by atoms with Gasteiger partial charge in [-0.3, -0.25) is 0 Å². The molecule has 0 saturated carbocycles. The van der Waals surface area contributed by atoms with Gasteiger partial charge in [0.25, 0.3) is 0 Å². The van der Waals surface area contributed by atoms with Crippen LogP contribution in [-0.4, -0.2) is 7.05 Å². The molecule has 0 radical (unpaired) electrons. The van der Waals surface area contributed by atoms with E-state index in [1.54, 1.807) is 11.3 Å². The number of benzene rings is 1. The Morgan fingerprint density at radius 3 is 3.05 bits per heavy atom. The minimum Gasteiger partial charge on any atom is -0.488 e. The summed E-state index contributed by atoms with van der Waals surface area (Å²) < 4.78 is 7.21. The maximum absolute atomic E-state index is 6.08. The molecule has 1 unspecified atom stereocenters. The fourth-order valence-corrected chi connectivity index (χ4v) is 4.20. The molecule has 1 atom stereocenters. The topological polar surface area (TPSA) is 21.3 Å². The van der Waals surface area contributed by atoms with Gasteiger partial charge >= 0.3 is 0 Å². The Morgan fingerprint density at radius 1 is 1.40 bits per heavy atom. The van der Waals surface area contributed by atoms with E-state index in [1.807, 2.05) is 7.05 Å². The van der Waals surface area contributed by atoms with Crippen molar-refractivity contribution < 1.29 is 4.74 Å². The average Bonchev–Trinajstić information content (AvgIpc) is 2.89. The second kappa shape index (κ2) is 6.29. The van der Waals surface area contributed by atoms with Gasteiger partial charge in [0.15, 0.2) is 0 Å². The van der Waals surface area contributed by atoms with Gasteiger partial charge in [0.2, 0.25) is 0 Å². The van der Waals surface area contributed by atoms with Gasteiger partial charge in [-0.15, -0.1) is 11.3 Å². The predicted octanol–water partition coefficient (Wildman–Crippen LogP) is 4.69. The van der Waals surface area contributed by atoms with Gasteiger partial charge in [-0.25, -0.2) is 0 Å². The number of rotatable bonds is 4. The summed E-state index contributed by atoms with van der Waals surface area (Å²) in [5.41, 5.74) is 2.78. The zero-order chi connectivity index (χ0) is 13.9. The number of hydrogen-bond acceptors (Lipinski definition) is 3. The molecule has 1 aliphatic carbocycles. The van der Waals surface area contributed by atoms with Crippen molar-refractivity contribution in [2.75, 3.05) is 7.05 Å². The molecule has 1 aromatic heterocycles. The lowest BCUT2D eigenvalue weighted by Crippen LogP contribution is -2.21. The minimum absolute atomic E-state index is 0.468. The third kappa shape index (κ3) is 2.78. The van der Waals surface area contributed by atoms with E-state index in [1.165, 1.54) is 28.8 Å². The fraction of sp³-hybridized carbons (Fsp3) is 0.375. The summed E-state index contributed by atoms with van der Waals surface area (Å²) in [5, 5.41) is 5.49. The molecule has 1 aromatic carbocycles. The molecular formula is C16H18BrNOS. The molecule has 0 fully saturated rings. The van der Waals surface area contributed by atoms with Gasteiger partial charge in [-0.05, 0) is 70.9 Å². The number of fused-ring (bicyclic) bond motifs is 1. The van der Waals surface area contributed by atoms with Crippen LogP contribution in [0.2, 0.25) is 0 Å². The molecule has 1 aliphatic rings. The molecule has 1 heterocycles. The molecule has 0 amide bonds. The van der Waals surface area contributed by atoms with E-state index < -0.39 is 0 Å². The quantitative estimate of drug-likeness (QED) is 0.862. The lowest BCUT2D eigenvalue weighted by molar-refractivity contribution is 0.302. The lowest BCUT2D eigenvalue weighted by Gasteiger charge is -2.26. The molecule has 0 aliphatic heterocycles. The molecular weight excluding hydrogens is 334 g/mol. The van der Waals surface area contributed by atoms with E-state index in [0.29, 0.717) is 12.6 Å². The van der Waals surface area contributed by atoms with Crippen molar-refractivity contribution in [1.29, 1.82) is 0 Å². The Bertz CT molecular complexity index is 596. The Labute approximate surface area is 132 Å². The van der Waals surface area contributed by atoms with Crippen molar-refractivity contribution in [2.24, 2.45) is 0 Å². The highest BCUT2D eigenvalue weighted by Crippen LogP contribution is 2.36. The standard InChI is InChI=1S/C16H18BrNOS/c1-18-14-6-2-5-12-11(14)4-3-7-15(12)19-10-16-13(17)8-9-20-16/h3-4,7-9,14,18H,2,5-6,10H2,1H3. The van der Waals surface area contributed by atoms with E-state index in [2.05, 4.69) is 50.9 Å². The van der Waals surface area contributed by atoms with Gasteiger partial charge in [0.1, 0.15) is 12.4 Å². The van der Waals surface area contributed by atoms with E-state index >= 15 is 0 Å². The van der Waals surface area contributed by atoms with Crippen LogP contribution < -0.4 is 10.1 Å². The third-order valence-corrected chi connectivity index (χ3v) is 5.76. The molecule has 3 rings (SSSR count). The van der Waals surface area contributed by atoms with Gasteiger partial charge in [0, 0.05) is 10.5 Å². The maximum Gasteiger partial charge on any atom is 0.124 e. The molecule has 0 spiro atoms. The van der Waals surface area contributed by atoms with Crippen LogP contribution >= 0.6 is 27.3 Å². The smallest absolute Gasteiger partial charge is 0.124 e. The van der Waals surface area contributed by atoms with Crippen molar-refractivity contribution in [3.8, 4) is 5.75 Å². The number of thiophene rings is 1. The zero-order valence-corrected chi connectivity index (χ0v) is 13.9. The van der Waals surface area contributed by atoms with Crippen LogP contribution in [0.25, 0.3) is 0 Å². The van der Waals surface area contributed by atoms with Crippen molar-refractivity contribution in [2.45, 2.75) is 31.9 Å². The molecule has 2 nitrogen and oxygen atoms in total. The lowest BCUT2D eigenvalue weighted by atomic mass is 9.87. The Balaban J connectivity index is 1.82. The second-order valence-corrected chi connectivity index (χ2v) is 6.89. The highest BCUT2D eigenvalue weighted by molar-refractivity contribution is 9.10. The van der Waals surface area contributed by atoms with E-state index in [-0.39, 0.29) is 0 Å². The first-order valence-corrected chi connectivity index (χ1v) is 8.60. The highest BCUT2D eigenvalue weighted by Gasteiger charge is 2.21. The Hall–Kier alpha value is -0.840. The summed E-state index contributed by atoms with van der Waals surface area (Å²) in [6.07, 6.45) is 3.56. The van der Waals surface area contributed by atoms with Crippen LogP contribution in [0.4, 0.5) is 0 Å². The maximum atomic E-state index is 6.08.